The third-order valence-corrected chi connectivity index (χ3v) is 3.48. The highest BCUT2D eigenvalue weighted by molar-refractivity contribution is 9.11. The van der Waals surface area contributed by atoms with Gasteiger partial charge in [-0.2, -0.15) is 0 Å². The van der Waals surface area contributed by atoms with E-state index in [0.717, 1.165) is 23.2 Å². The van der Waals surface area contributed by atoms with Crippen molar-refractivity contribution in [1.82, 2.24) is 5.32 Å². The van der Waals surface area contributed by atoms with Gasteiger partial charge in [-0.05, 0) is 34.5 Å². The molecule has 0 bridgehead atoms. The first kappa shape index (κ1) is 12.5. The maximum Gasteiger partial charge on any atom is 0.188 e. The third-order valence-electron chi connectivity index (χ3n) is 1.87. The van der Waals surface area contributed by atoms with Crippen LogP contribution in [0.3, 0.4) is 0 Å². The van der Waals surface area contributed by atoms with Crippen molar-refractivity contribution in [2.75, 3.05) is 6.54 Å². The number of unbranched alkanes of at least 4 members (excludes halogenated alkanes) is 1. The number of nitrogens with two attached hydrogens (primary N) is 1. The summed E-state index contributed by atoms with van der Waals surface area (Å²) in [6.07, 6.45) is 2.29. The van der Waals surface area contributed by atoms with Crippen LogP contribution in [-0.4, -0.2) is 12.5 Å². The van der Waals surface area contributed by atoms with Gasteiger partial charge in [0.2, 0.25) is 0 Å². The molecular weight excluding hydrogens is 274 g/mol. The number of aliphatic imine (C=N–C) groups is 1. The molecule has 1 heterocycles. The molecule has 1 aromatic rings. The number of rotatable bonds is 5. The Balaban J connectivity index is 2.30. The second-order valence-electron chi connectivity index (χ2n) is 3.19. The summed E-state index contributed by atoms with van der Waals surface area (Å²) in [7, 11) is 0. The Kier molecular flexibility index (Phi) is 5.71. The zero-order chi connectivity index (χ0) is 11.1. The molecular formula is C10H16BrN3S. The van der Waals surface area contributed by atoms with Gasteiger partial charge < -0.3 is 11.1 Å². The van der Waals surface area contributed by atoms with Crippen molar-refractivity contribution < 1.29 is 0 Å². The van der Waals surface area contributed by atoms with Crippen LogP contribution in [0.2, 0.25) is 0 Å². The fourth-order valence-electron chi connectivity index (χ4n) is 1.05. The molecule has 0 aliphatic rings. The molecule has 3 nitrogen and oxygen atoms in total. The number of thiophene rings is 1. The van der Waals surface area contributed by atoms with Crippen LogP contribution < -0.4 is 11.1 Å². The average Bonchev–Trinajstić information content (AvgIpc) is 2.62. The van der Waals surface area contributed by atoms with Crippen molar-refractivity contribution in [3.63, 3.8) is 0 Å². The van der Waals surface area contributed by atoms with Crippen molar-refractivity contribution in [3.8, 4) is 0 Å². The second-order valence-corrected chi connectivity index (χ2v) is 5.74. The molecule has 0 spiro atoms. The predicted molar refractivity (Wildman–Crippen MR) is 70.3 cm³/mol. The summed E-state index contributed by atoms with van der Waals surface area (Å²) < 4.78 is 1.13. The Morgan fingerprint density at radius 2 is 2.40 bits per heavy atom. The van der Waals surface area contributed by atoms with Gasteiger partial charge in [-0.1, -0.05) is 13.3 Å². The van der Waals surface area contributed by atoms with E-state index in [2.05, 4.69) is 39.2 Å². The molecule has 0 saturated carbocycles. The van der Waals surface area contributed by atoms with E-state index >= 15 is 0 Å². The molecule has 5 heteroatoms. The van der Waals surface area contributed by atoms with Crippen molar-refractivity contribution in [1.29, 1.82) is 0 Å². The summed E-state index contributed by atoms with van der Waals surface area (Å²) in [6, 6.07) is 4.08. The fraction of sp³-hybridized carbons (Fsp3) is 0.500. The highest BCUT2D eigenvalue weighted by Gasteiger charge is 1.96. The number of guanidine groups is 1. The van der Waals surface area contributed by atoms with Crippen molar-refractivity contribution >= 4 is 33.2 Å². The molecule has 0 fully saturated rings. The minimum Gasteiger partial charge on any atom is -0.370 e. The molecule has 0 aromatic carbocycles. The first-order chi connectivity index (χ1) is 7.22. The largest absolute Gasteiger partial charge is 0.370 e. The van der Waals surface area contributed by atoms with E-state index in [1.807, 2.05) is 6.07 Å². The lowest BCUT2D eigenvalue weighted by Crippen LogP contribution is -2.32. The molecule has 0 aliphatic heterocycles. The first-order valence-electron chi connectivity index (χ1n) is 5.00. The summed E-state index contributed by atoms with van der Waals surface area (Å²) in [5.41, 5.74) is 5.70. The molecule has 15 heavy (non-hydrogen) atoms. The predicted octanol–water partition coefficient (Wildman–Crippen LogP) is 2.72. The number of nitrogens with zero attached hydrogens (tertiary/aromatic N) is 1. The van der Waals surface area contributed by atoms with E-state index in [4.69, 9.17) is 5.73 Å². The van der Waals surface area contributed by atoms with Crippen LogP contribution in [0.4, 0.5) is 0 Å². The lowest BCUT2D eigenvalue weighted by Gasteiger charge is -2.03. The average molecular weight is 290 g/mol. The highest BCUT2D eigenvalue weighted by Crippen LogP contribution is 2.22. The van der Waals surface area contributed by atoms with Gasteiger partial charge in [-0.15, -0.1) is 11.3 Å². The van der Waals surface area contributed by atoms with Gasteiger partial charge in [-0.25, -0.2) is 4.99 Å². The summed E-state index contributed by atoms with van der Waals surface area (Å²) in [6.45, 7) is 3.71. The van der Waals surface area contributed by atoms with Gasteiger partial charge in [0, 0.05) is 11.4 Å². The first-order valence-corrected chi connectivity index (χ1v) is 6.61. The van der Waals surface area contributed by atoms with E-state index in [-0.39, 0.29) is 0 Å². The molecule has 0 amide bonds. The smallest absolute Gasteiger partial charge is 0.188 e. The topological polar surface area (TPSA) is 50.4 Å². The standard InChI is InChI=1S/C10H16BrN3S/c1-2-3-6-13-10(12)14-7-8-4-5-9(11)15-8/h4-5H,2-3,6-7H2,1H3,(H3,12,13,14). The normalized spacial score (nSPS) is 11.7. The molecule has 0 saturated heterocycles. The lowest BCUT2D eigenvalue weighted by molar-refractivity contribution is 0.748. The molecule has 0 atom stereocenters. The Morgan fingerprint density at radius 1 is 1.60 bits per heavy atom. The monoisotopic (exact) mass is 289 g/mol. The molecule has 3 N–H and O–H groups in total. The maximum atomic E-state index is 5.70. The van der Waals surface area contributed by atoms with Crippen LogP contribution in [-0.2, 0) is 6.54 Å². The SMILES string of the molecule is CCCCNC(N)=NCc1ccc(Br)s1. The highest BCUT2D eigenvalue weighted by atomic mass is 79.9. The number of hydrogen-bond donors (Lipinski definition) is 2. The molecule has 0 aliphatic carbocycles. The molecule has 0 unspecified atom stereocenters. The van der Waals surface area contributed by atoms with Crippen LogP contribution in [0, 0.1) is 0 Å². The van der Waals surface area contributed by atoms with Crippen LogP contribution in [0.5, 0.6) is 0 Å². The Morgan fingerprint density at radius 3 is 3.00 bits per heavy atom. The molecule has 0 radical (unpaired) electrons. The van der Waals surface area contributed by atoms with E-state index in [1.54, 1.807) is 11.3 Å². The van der Waals surface area contributed by atoms with Gasteiger partial charge in [-0.3, -0.25) is 0 Å². The maximum absolute atomic E-state index is 5.70. The van der Waals surface area contributed by atoms with Crippen molar-refractivity contribution in [3.05, 3.63) is 20.8 Å². The quantitative estimate of drug-likeness (QED) is 0.497. The van der Waals surface area contributed by atoms with E-state index in [9.17, 15) is 0 Å². The Bertz CT molecular complexity index is 322. The van der Waals surface area contributed by atoms with Crippen LogP contribution in [0.25, 0.3) is 0 Å². The number of halogens is 1. The van der Waals surface area contributed by atoms with Crippen LogP contribution in [0.15, 0.2) is 20.9 Å². The second kappa shape index (κ2) is 6.85. The van der Waals surface area contributed by atoms with Gasteiger partial charge in [0.05, 0.1) is 10.3 Å². The lowest BCUT2D eigenvalue weighted by atomic mass is 10.3. The van der Waals surface area contributed by atoms with E-state index in [1.165, 1.54) is 4.88 Å². The fourth-order valence-corrected chi connectivity index (χ4v) is 2.46. The van der Waals surface area contributed by atoms with Gasteiger partial charge in [0.15, 0.2) is 5.96 Å². The van der Waals surface area contributed by atoms with Gasteiger partial charge in [0.25, 0.3) is 0 Å². The van der Waals surface area contributed by atoms with Crippen molar-refractivity contribution in [2.45, 2.75) is 26.3 Å². The van der Waals surface area contributed by atoms with Crippen molar-refractivity contribution in [2.24, 2.45) is 10.7 Å². The third kappa shape index (κ3) is 5.18. The van der Waals surface area contributed by atoms with Crippen LogP contribution >= 0.6 is 27.3 Å². The van der Waals surface area contributed by atoms with Gasteiger partial charge >= 0.3 is 0 Å². The van der Waals surface area contributed by atoms with Crippen LogP contribution in [0.1, 0.15) is 24.6 Å². The Labute approximate surface area is 103 Å². The summed E-state index contributed by atoms with van der Waals surface area (Å²) in [5, 5.41) is 3.08. The molecule has 1 rings (SSSR count). The van der Waals surface area contributed by atoms with Gasteiger partial charge in [0.1, 0.15) is 0 Å². The zero-order valence-electron chi connectivity index (χ0n) is 8.79. The summed E-state index contributed by atoms with van der Waals surface area (Å²) in [4.78, 5) is 5.46. The summed E-state index contributed by atoms with van der Waals surface area (Å²) in [5.74, 6) is 0.535. The molecule has 84 valence electrons. The summed E-state index contributed by atoms with van der Waals surface area (Å²) >= 11 is 5.10. The molecule has 1 aromatic heterocycles. The zero-order valence-corrected chi connectivity index (χ0v) is 11.2. The minimum absolute atomic E-state index is 0.535. The van der Waals surface area contributed by atoms with E-state index < -0.39 is 0 Å². The number of hydrogen-bond acceptors (Lipinski definition) is 2. The minimum atomic E-state index is 0.535. The van der Waals surface area contributed by atoms with E-state index in [0.29, 0.717) is 12.5 Å². The number of nitrogens with one attached hydrogen (secondary N) is 1. The Hall–Kier alpha value is -0.550.